The lowest BCUT2D eigenvalue weighted by atomic mass is 10.2. The van der Waals surface area contributed by atoms with E-state index < -0.39 is 0 Å². The van der Waals surface area contributed by atoms with Gasteiger partial charge < -0.3 is 4.74 Å². The summed E-state index contributed by atoms with van der Waals surface area (Å²) < 4.78 is 5.41. The van der Waals surface area contributed by atoms with Gasteiger partial charge in [0.2, 0.25) is 0 Å². The van der Waals surface area contributed by atoms with E-state index in [0.717, 1.165) is 5.56 Å². The van der Waals surface area contributed by atoms with Crippen molar-refractivity contribution >= 4 is 17.3 Å². The molecule has 1 aromatic carbocycles. The molecule has 0 bridgehead atoms. The van der Waals surface area contributed by atoms with Crippen LogP contribution in [0.15, 0.2) is 24.3 Å². The van der Waals surface area contributed by atoms with Crippen LogP contribution in [0, 0.1) is 6.92 Å². The van der Waals surface area contributed by atoms with Crippen LogP contribution in [0.2, 0.25) is 0 Å². The molecule has 0 spiro atoms. The molecule has 2 heteroatoms. The second kappa shape index (κ2) is 4.38. The van der Waals surface area contributed by atoms with Gasteiger partial charge in [-0.15, -0.1) is 0 Å². The first kappa shape index (κ1) is 10.2. The lowest BCUT2D eigenvalue weighted by molar-refractivity contribution is 0.236. The van der Waals surface area contributed by atoms with Crippen LogP contribution in [-0.2, 0) is 4.74 Å². The van der Waals surface area contributed by atoms with Crippen molar-refractivity contribution in [2.75, 3.05) is 0 Å². The second-order valence-corrected chi connectivity index (χ2v) is 3.69. The monoisotopic (exact) mass is 194 g/mol. The average Bonchev–Trinajstić information content (AvgIpc) is 2.04. The zero-order chi connectivity index (χ0) is 9.84. The number of hydrogen-bond acceptors (Lipinski definition) is 2. The molecule has 0 aliphatic rings. The maximum atomic E-state index is 5.41. The summed E-state index contributed by atoms with van der Waals surface area (Å²) in [5.74, 6) is 0. The van der Waals surface area contributed by atoms with Crippen molar-refractivity contribution in [3.63, 3.8) is 0 Å². The molecule has 0 amide bonds. The van der Waals surface area contributed by atoms with Crippen LogP contribution >= 0.6 is 12.2 Å². The fourth-order valence-corrected chi connectivity index (χ4v) is 1.30. The van der Waals surface area contributed by atoms with Gasteiger partial charge in [0.25, 0.3) is 0 Å². The predicted octanol–water partition coefficient (Wildman–Crippen LogP) is 3.10. The summed E-state index contributed by atoms with van der Waals surface area (Å²) in [6, 6.07) is 8.04. The summed E-state index contributed by atoms with van der Waals surface area (Å²) in [6.45, 7) is 6.00. The van der Waals surface area contributed by atoms with Gasteiger partial charge in [0.1, 0.15) is 0 Å². The summed E-state index contributed by atoms with van der Waals surface area (Å²) in [4.78, 5) is 0. The van der Waals surface area contributed by atoms with Crippen molar-refractivity contribution in [1.82, 2.24) is 0 Å². The lowest BCUT2D eigenvalue weighted by Gasteiger charge is -2.10. The normalized spacial score (nSPS) is 10.2. The number of thiocarbonyl (C=S) groups is 1. The van der Waals surface area contributed by atoms with Crippen LogP contribution in [0.3, 0.4) is 0 Å². The molecule has 70 valence electrons. The zero-order valence-electron chi connectivity index (χ0n) is 8.20. The van der Waals surface area contributed by atoms with Crippen molar-refractivity contribution < 1.29 is 4.74 Å². The van der Waals surface area contributed by atoms with Crippen LogP contribution in [-0.4, -0.2) is 11.2 Å². The number of rotatable bonds is 2. The molecule has 0 radical (unpaired) electrons. The van der Waals surface area contributed by atoms with Gasteiger partial charge in [-0.2, -0.15) is 0 Å². The molecule has 0 aromatic heterocycles. The van der Waals surface area contributed by atoms with E-state index >= 15 is 0 Å². The number of hydrogen-bond donors (Lipinski definition) is 0. The summed E-state index contributed by atoms with van der Waals surface area (Å²) in [5, 5.41) is 0.579. The van der Waals surface area contributed by atoms with Crippen molar-refractivity contribution in [2.24, 2.45) is 0 Å². The topological polar surface area (TPSA) is 9.23 Å². The standard InChI is InChI=1S/C11H14OS/c1-8(2)12-11(13)10-6-4-9(3)5-7-10/h4-8H,1-3H3. The summed E-state index contributed by atoms with van der Waals surface area (Å²) in [5.41, 5.74) is 2.21. The van der Waals surface area contributed by atoms with Crippen LogP contribution < -0.4 is 0 Å². The van der Waals surface area contributed by atoms with Gasteiger partial charge in [-0.05, 0) is 33.0 Å². The highest BCUT2D eigenvalue weighted by molar-refractivity contribution is 7.80. The molecular weight excluding hydrogens is 180 g/mol. The Morgan fingerprint density at radius 1 is 1.23 bits per heavy atom. The molecule has 0 saturated heterocycles. The highest BCUT2D eigenvalue weighted by atomic mass is 32.1. The van der Waals surface area contributed by atoms with E-state index in [4.69, 9.17) is 17.0 Å². The van der Waals surface area contributed by atoms with E-state index in [9.17, 15) is 0 Å². The highest BCUT2D eigenvalue weighted by Crippen LogP contribution is 2.07. The van der Waals surface area contributed by atoms with Gasteiger partial charge in [0.05, 0.1) is 6.10 Å². The van der Waals surface area contributed by atoms with E-state index in [1.54, 1.807) is 0 Å². The molecule has 0 aliphatic carbocycles. The first-order valence-electron chi connectivity index (χ1n) is 4.37. The molecule has 1 nitrogen and oxygen atoms in total. The van der Waals surface area contributed by atoms with E-state index in [2.05, 4.69) is 6.92 Å². The Balaban J connectivity index is 2.72. The van der Waals surface area contributed by atoms with E-state index in [-0.39, 0.29) is 6.10 Å². The minimum absolute atomic E-state index is 0.147. The first-order valence-corrected chi connectivity index (χ1v) is 4.78. The van der Waals surface area contributed by atoms with Gasteiger partial charge >= 0.3 is 0 Å². The Bertz CT molecular complexity index is 287. The third-order valence-corrected chi connectivity index (χ3v) is 1.96. The molecule has 0 fully saturated rings. The Morgan fingerprint density at radius 3 is 2.23 bits per heavy atom. The van der Waals surface area contributed by atoms with Crippen molar-refractivity contribution in [1.29, 1.82) is 0 Å². The summed E-state index contributed by atoms with van der Waals surface area (Å²) in [7, 11) is 0. The average molecular weight is 194 g/mol. The van der Waals surface area contributed by atoms with Crippen LogP contribution in [0.5, 0.6) is 0 Å². The van der Waals surface area contributed by atoms with Crippen LogP contribution in [0.25, 0.3) is 0 Å². The molecule has 13 heavy (non-hydrogen) atoms. The molecule has 0 atom stereocenters. The van der Waals surface area contributed by atoms with Gasteiger partial charge in [-0.1, -0.05) is 29.8 Å². The molecular formula is C11H14OS. The third-order valence-electron chi connectivity index (χ3n) is 1.63. The lowest BCUT2D eigenvalue weighted by Crippen LogP contribution is -2.10. The SMILES string of the molecule is Cc1ccc(C(=S)OC(C)C)cc1. The Labute approximate surface area is 84.7 Å². The summed E-state index contributed by atoms with van der Waals surface area (Å²) in [6.07, 6.45) is 0.147. The van der Waals surface area contributed by atoms with E-state index in [0.29, 0.717) is 5.05 Å². The minimum Gasteiger partial charge on any atom is -0.480 e. The summed E-state index contributed by atoms with van der Waals surface area (Å²) >= 11 is 5.12. The van der Waals surface area contributed by atoms with E-state index in [1.807, 2.05) is 38.1 Å². The first-order chi connectivity index (χ1) is 6.09. The number of aryl methyl sites for hydroxylation is 1. The Kier molecular flexibility index (Phi) is 3.43. The van der Waals surface area contributed by atoms with Gasteiger partial charge in [-0.3, -0.25) is 0 Å². The smallest absolute Gasteiger partial charge is 0.191 e. The Hall–Kier alpha value is -0.890. The van der Waals surface area contributed by atoms with Gasteiger partial charge in [-0.25, -0.2) is 0 Å². The largest absolute Gasteiger partial charge is 0.480 e. The number of ether oxygens (including phenoxy) is 1. The Morgan fingerprint density at radius 2 is 1.77 bits per heavy atom. The van der Waals surface area contributed by atoms with E-state index in [1.165, 1.54) is 5.56 Å². The molecule has 0 N–H and O–H groups in total. The predicted molar refractivity (Wildman–Crippen MR) is 59.1 cm³/mol. The zero-order valence-corrected chi connectivity index (χ0v) is 9.02. The minimum atomic E-state index is 0.147. The quantitative estimate of drug-likeness (QED) is 0.669. The molecule has 0 saturated carbocycles. The maximum absolute atomic E-state index is 5.41. The molecule has 0 unspecified atom stereocenters. The third kappa shape index (κ3) is 3.15. The van der Waals surface area contributed by atoms with Gasteiger partial charge in [0.15, 0.2) is 5.05 Å². The fourth-order valence-electron chi connectivity index (χ4n) is 0.972. The molecule has 1 rings (SSSR count). The maximum Gasteiger partial charge on any atom is 0.191 e. The van der Waals surface area contributed by atoms with Crippen molar-refractivity contribution in [3.8, 4) is 0 Å². The van der Waals surface area contributed by atoms with Crippen LogP contribution in [0.1, 0.15) is 25.0 Å². The van der Waals surface area contributed by atoms with Gasteiger partial charge in [0, 0.05) is 5.56 Å². The van der Waals surface area contributed by atoms with Crippen LogP contribution in [0.4, 0.5) is 0 Å². The molecule has 0 aliphatic heterocycles. The van der Waals surface area contributed by atoms with Crippen molar-refractivity contribution in [3.05, 3.63) is 35.4 Å². The molecule has 0 heterocycles. The fraction of sp³-hybridized carbons (Fsp3) is 0.364. The highest BCUT2D eigenvalue weighted by Gasteiger charge is 2.03. The number of benzene rings is 1. The second-order valence-electron chi connectivity index (χ2n) is 3.32. The molecule has 1 aromatic rings. The van der Waals surface area contributed by atoms with Crippen molar-refractivity contribution in [2.45, 2.75) is 26.9 Å².